The van der Waals surface area contributed by atoms with E-state index >= 15 is 0 Å². The summed E-state index contributed by atoms with van der Waals surface area (Å²) in [5, 5.41) is 21.2. The Morgan fingerprint density at radius 2 is 2.06 bits per heavy atom. The molecule has 0 aliphatic carbocycles. The van der Waals surface area contributed by atoms with Gasteiger partial charge in [0, 0.05) is 10.2 Å². The molecule has 0 saturated heterocycles. The van der Waals surface area contributed by atoms with E-state index in [1.165, 1.54) is 0 Å². The molecule has 0 aliphatic rings. The fraction of sp³-hybridized carbons (Fsp3) is 0. The van der Waals surface area contributed by atoms with Gasteiger partial charge in [-0.15, -0.1) is 0 Å². The van der Waals surface area contributed by atoms with Gasteiger partial charge in [0.25, 0.3) is 0 Å². The Balaban J connectivity index is 2.25. The smallest absolute Gasteiger partial charge is 0.206 e. The molecule has 1 aromatic heterocycles. The van der Waals surface area contributed by atoms with Gasteiger partial charge < -0.3 is 10.5 Å². The number of oxime groups is 1. The van der Waals surface area contributed by atoms with E-state index in [4.69, 9.17) is 16.8 Å². The molecule has 0 saturated carbocycles. The van der Waals surface area contributed by atoms with Gasteiger partial charge in [0.2, 0.25) is 11.0 Å². The molecule has 0 radical (unpaired) electrons. The van der Waals surface area contributed by atoms with E-state index in [0.29, 0.717) is 0 Å². The number of hydrogen-bond acceptors (Lipinski definition) is 6. The summed E-state index contributed by atoms with van der Waals surface area (Å²) in [7, 11) is 0. The van der Waals surface area contributed by atoms with Gasteiger partial charge in [-0.2, -0.15) is 0 Å². The Morgan fingerprint density at radius 1 is 1.35 bits per heavy atom. The highest BCUT2D eigenvalue weighted by molar-refractivity contribution is 9.10. The average Bonchev–Trinajstić information content (AvgIpc) is 2.79. The summed E-state index contributed by atoms with van der Waals surface area (Å²) >= 11 is 8.94. The minimum absolute atomic E-state index is 0.136. The third kappa shape index (κ3) is 2.75. The molecule has 1 aromatic carbocycles. The maximum Gasteiger partial charge on any atom is 0.206 e. The molecule has 0 spiro atoms. The van der Waals surface area contributed by atoms with Crippen molar-refractivity contribution in [3.05, 3.63) is 34.4 Å². The number of nitrogens with zero attached hydrogens (tertiary/aromatic N) is 3. The third-order valence-corrected chi connectivity index (χ3v) is 2.66. The van der Waals surface area contributed by atoms with Gasteiger partial charge in [-0.05, 0) is 34.6 Å². The molecule has 2 rings (SSSR count). The Bertz CT molecular complexity index is 540. The Hall–Kier alpha value is -1.60. The Kier molecular flexibility index (Phi) is 3.60. The zero-order valence-electron chi connectivity index (χ0n) is 8.26. The van der Waals surface area contributed by atoms with E-state index in [9.17, 15) is 0 Å². The minimum atomic E-state index is -0.203. The predicted molar refractivity (Wildman–Crippen MR) is 65.9 cm³/mol. The second kappa shape index (κ2) is 5.15. The summed E-state index contributed by atoms with van der Waals surface area (Å²) in [6.07, 6.45) is 0. The molecule has 0 fully saturated rings. The molecule has 2 N–H and O–H groups in total. The van der Waals surface area contributed by atoms with Crippen molar-refractivity contribution in [1.82, 2.24) is 10.3 Å². The molecule has 0 bridgehead atoms. The van der Waals surface area contributed by atoms with Crippen LogP contribution in [0, 0.1) is 0 Å². The van der Waals surface area contributed by atoms with Crippen LogP contribution in [0.1, 0.15) is 5.69 Å². The lowest BCUT2D eigenvalue weighted by Gasteiger charge is -2.02. The highest BCUT2D eigenvalue weighted by atomic mass is 79.9. The molecular formula is C9H6BrClN4O2. The number of anilines is 2. The number of halogens is 2. The van der Waals surface area contributed by atoms with Crippen molar-refractivity contribution in [3.8, 4) is 0 Å². The molecule has 0 atom stereocenters. The van der Waals surface area contributed by atoms with Crippen molar-refractivity contribution < 1.29 is 9.84 Å². The summed E-state index contributed by atoms with van der Waals surface area (Å²) in [5.41, 5.74) is 0.907. The maximum atomic E-state index is 8.55. The molecule has 6 nitrogen and oxygen atoms in total. The topological polar surface area (TPSA) is 83.5 Å². The minimum Gasteiger partial charge on any atom is -0.410 e. The van der Waals surface area contributed by atoms with Gasteiger partial charge in [0.05, 0.1) is 0 Å². The monoisotopic (exact) mass is 316 g/mol. The lowest BCUT2D eigenvalue weighted by atomic mass is 10.3. The molecule has 88 valence electrons. The van der Waals surface area contributed by atoms with Crippen LogP contribution in [0.15, 0.2) is 38.5 Å². The van der Waals surface area contributed by atoms with Crippen LogP contribution in [-0.2, 0) is 0 Å². The maximum absolute atomic E-state index is 8.55. The van der Waals surface area contributed by atoms with Crippen LogP contribution in [0.2, 0.25) is 0 Å². The highest BCUT2D eigenvalue weighted by Crippen LogP contribution is 2.20. The quantitative estimate of drug-likeness (QED) is 0.516. The zero-order chi connectivity index (χ0) is 12.3. The first-order chi connectivity index (χ1) is 8.20. The van der Waals surface area contributed by atoms with E-state index < -0.39 is 0 Å². The van der Waals surface area contributed by atoms with Gasteiger partial charge in [0.1, 0.15) is 0 Å². The molecule has 0 aliphatic heterocycles. The molecule has 8 heteroatoms. The van der Waals surface area contributed by atoms with E-state index in [-0.39, 0.29) is 16.7 Å². The molecule has 1 heterocycles. The van der Waals surface area contributed by atoms with Crippen molar-refractivity contribution in [3.63, 3.8) is 0 Å². The average molecular weight is 318 g/mol. The molecule has 2 aromatic rings. The van der Waals surface area contributed by atoms with Gasteiger partial charge in [0.15, 0.2) is 5.69 Å². The molecule has 0 unspecified atom stereocenters. The van der Waals surface area contributed by atoms with Crippen molar-refractivity contribution in [2.45, 2.75) is 0 Å². The second-order valence-corrected chi connectivity index (χ2v) is 4.26. The molecule has 17 heavy (non-hydrogen) atoms. The highest BCUT2D eigenvalue weighted by Gasteiger charge is 2.15. The van der Waals surface area contributed by atoms with E-state index in [0.717, 1.165) is 10.2 Å². The van der Waals surface area contributed by atoms with Crippen LogP contribution in [0.25, 0.3) is 0 Å². The normalized spacial score (nSPS) is 11.5. The van der Waals surface area contributed by atoms with E-state index in [1.807, 2.05) is 24.3 Å². The van der Waals surface area contributed by atoms with Crippen molar-refractivity contribution in [2.75, 3.05) is 5.32 Å². The SMILES string of the molecule is ON=C(Cl)c1nonc1Nc1ccc(Br)cc1. The van der Waals surface area contributed by atoms with Crippen molar-refractivity contribution >= 4 is 44.2 Å². The van der Waals surface area contributed by atoms with E-state index in [2.05, 4.69) is 41.3 Å². The number of benzene rings is 1. The van der Waals surface area contributed by atoms with Crippen LogP contribution in [-0.4, -0.2) is 20.7 Å². The lowest BCUT2D eigenvalue weighted by molar-refractivity contribution is 0.305. The molecule has 0 amide bonds. The number of aromatic nitrogens is 2. The van der Waals surface area contributed by atoms with Crippen LogP contribution in [0.3, 0.4) is 0 Å². The van der Waals surface area contributed by atoms with Crippen molar-refractivity contribution in [1.29, 1.82) is 0 Å². The number of nitrogens with one attached hydrogen (secondary N) is 1. The summed E-state index contributed by atoms with van der Waals surface area (Å²) in [6.45, 7) is 0. The summed E-state index contributed by atoms with van der Waals surface area (Å²) in [6, 6.07) is 7.37. The van der Waals surface area contributed by atoms with E-state index in [1.54, 1.807) is 0 Å². The first-order valence-corrected chi connectivity index (χ1v) is 5.61. The summed E-state index contributed by atoms with van der Waals surface area (Å²) < 4.78 is 5.47. The van der Waals surface area contributed by atoms with Gasteiger partial charge >= 0.3 is 0 Å². The third-order valence-electron chi connectivity index (χ3n) is 1.88. The first kappa shape index (κ1) is 11.9. The van der Waals surface area contributed by atoms with Crippen LogP contribution in [0.5, 0.6) is 0 Å². The number of rotatable bonds is 3. The largest absolute Gasteiger partial charge is 0.410 e. The second-order valence-electron chi connectivity index (χ2n) is 2.98. The lowest BCUT2D eigenvalue weighted by Crippen LogP contribution is -1.99. The van der Waals surface area contributed by atoms with Crippen LogP contribution < -0.4 is 5.32 Å². The summed E-state index contributed by atoms with van der Waals surface area (Å²) in [5.74, 6) is 0.273. The van der Waals surface area contributed by atoms with Gasteiger partial charge in [-0.25, -0.2) is 4.63 Å². The van der Waals surface area contributed by atoms with Gasteiger partial charge in [-0.3, -0.25) is 0 Å². The zero-order valence-corrected chi connectivity index (χ0v) is 10.6. The van der Waals surface area contributed by atoms with Crippen LogP contribution >= 0.6 is 27.5 Å². The Morgan fingerprint density at radius 3 is 2.71 bits per heavy atom. The fourth-order valence-corrected chi connectivity index (χ4v) is 1.51. The number of hydrogen-bond donors (Lipinski definition) is 2. The summed E-state index contributed by atoms with van der Waals surface area (Å²) in [4.78, 5) is 0. The first-order valence-electron chi connectivity index (χ1n) is 4.44. The van der Waals surface area contributed by atoms with Crippen molar-refractivity contribution in [2.24, 2.45) is 5.16 Å². The fourth-order valence-electron chi connectivity index (χ4n) is 1.12. The van der Waals surface area contributed by atoms with Gasteiger partial charge in [-0.1, -0.05) is 32.7 Å². The Labute approximate surface area is 109 Å². The molecular weight excluding hydrogens is 311 g/mol. The predicted octanol–water partition coefficient (Wildman–Crippen LogP) is 2.95. The van der Waals surface area contributed by atoms with Crippen LogP contribution in [0.4, 0.5) is 11.5 Å². The standard InChI is InChI=1S/C9H6BrClN4O2/c10-5-1-3-6(4-2-5)12-9-7(8(11)13-16)14-17-15-9/h1-4,16H,(H,12,15).